The predicted octanol–water partition coefficient (Wildman–Crippen LogP) is 2.33. The van der Waals surface area contributed by atoms with Crippen LogP contribution in [0.15, 0.2) is 66.1 Å². The maximum absolute atomic E-state index is 12.4. The van der Waals surface area contributed by atoms with Crippen molar-refractivity contribution in [3.63, 3.8) is 0 Å². The number of benzene rings is 2. The first-order valence-corrected chi connectivity index (χ1v) is 8.97. The lowest BCUT2D eigenvalue weighted by Gasteiger charge is -2.09. The Labute approximate surface area is 145 Å². The zero-order valence-corrected chi connectivity index (χ0v) is 14.3. The molecule has 0 spiro atoms. The molecule has 3 aromatic rings. The van der Waals surface area contributed by atoms with E-state index in [1.807, 2.05) is 12.1 Å². The van der Waals surface area contributed by atoms with E-state index in [-0.39, 0.29) is 10.7 Å². The highest BCUT2D eigenvalue weighted by molar-refractivity contribution is 7.92. The highest BCUT2D eigenvalue weighted by Crippen LogP contribution is 2.17. The normalized spacial score (nSPS) is 11.2. The van der Waals surface area contributed by atoms with Crippen molar-refractivity contribution in [2.24, 2.45) is 0 Å². The smallest absolute Gasteiger partial charge is 0.261 e. The lowest BCUT2D eigenvalue weighted by molar-refractivity contribution is 0.101. The molecule has 0 saturated carbocycles. The lowest BCUT2D eigenvalue weighted by Crippen LogP contribution is -2.13. The van der Waals surface area contributed by atoms with Crippen LogP contribution in [0.5, 0.6) is 0 Å². The van der Waals surface area contributed by atoms with Gasteiger partial charge in [-0.05, 0) is 36.8 Å². The van der Waals surface area contributed by atoms with Crippen LogP contribution in [0.3, 0.4) is 0 Å². The zero-order valence-electron chi connectivity index (χ0n) is 13.5. The molecule has 1 N–H and O–H groups in total. The number of carbonyl (C=O) groups excluding carboxylic acids is 1. The number of hydrogen-bond acceptors (Lipinski definition) is 5. The molecule has 25 heavy (non-hydrogen) atoms. The van der Waals surface area contributed by atoms with Crippen molar-refractivity contribution < 1.29 is 13.2 Å². The predicted molar refractivity (Wildman–Crippen MR) is 92.8 cm³/mol. The van der Waals surface area contributed by atoms with E-state index in [4.69, 9.17) is 0 Å². The summed E-state index contributed by atoms with van der Waals surface area (Å²) in [4.78, 5) is 15.2. The molecule has 0 saturated heterocycles. The summed E-state index contributed by atoms with van der Waals surface area (Å²) in [5.41, 5.74) is 1.90. The van der Waals surface area contributed by atoms with E-state index in [2.05, 4.69) is 14.8 Å². The van der Waals surface area contributed by atoms with E-state index in [1.54, 1.807) is 23.1 Å². The Morgan fingerprint density at radius 1 is 1.08 bits per heavy atom. The molecule has 0 aliphatic heterocycles. The van der Waals surface area contributed by atoms with Crippen LogP contribution >= 0.6 is 0 Å². The van der Waals surface area contributed by atoms with Crippen molar-refractivity contribution >= 4 is 21.5 Å². The fourth-order valence-corrected chi connectivity index (χ4v) is 3.32. The second kappa shape index (κ2) is 6.86. The van der Waals surface area contributed by atoms with Gasteiger partial charge in [0.1, 0.15) is 12.7 Å². The summed E-state index contributed by atoms with van der Waals surface area (Å²) in [6.07, 6.45) is 3.07. The number of ketones is 1. The molecule has 0 aliphatic carbocycles. The number of nitrogens with one attached hydrogen (secondary N) is 1. The molecule has 0 bridgehead atoms. The summed E-state index contributed by atoms with van der Waals surface area (Å²) in [6.45, 7) is 1.99. The third kappa shape index (κ3) is 4.10. The van der Waals surface area contributed by atoms with Crippen molar-refractivity contribution in [1.82, 2.24) is 14.8 Å². The van der Waals surface area contributed by atoms with Gasteiger partial charge in [0, 0.05) is 11.3 Å². The van der Waals surface area contributed by atoms with Gasteiger partial charge < -0.3 is 0 Å². The van der Waals surface area contributed by atoms with E-state index in [1.165, 1.54) is 37.5 Å². The first-order valence-electron chi connectivity index (χ1n) is 7.49. The average molecular weight is 356 g/mol. The van der Waals surface area contributed by atoms with Crippen LogP contribution in [0.25, 0.3) is 0 Å². The number of aromatic nitrogens is 3. The monoisotopic (exact) mass is 356 g/mol. The van der Waals surface area contributed by atoms with Crippen LogP contribution in [0, 0.1) is 0 Å². The highest BCUT2D eigenvalue weighted by atomic mass is 32.2. The van der Waals surface area contributed by atoms with Crippen molar-refractivity contribution in [2.75, 3.05) is 4.72 Å². The lowest BCUT2D eigenvalue weighted by atomic mass is 10.2. The van der Waals surface area contributed by atoms with Gasteiger partial charge in [-0.25, -0.2) is 18.1 Å². The van der Waals surface area contributed by atoms with Gasteiger partial charge in [0.2, 0.25) is 0 Å². The van der Waals surface area contributed by atoms with Gasteiger partial charge in [-0.3, -0.25) is 9.52 Å². The van der Waals surface area contributed by atoms with Gasteiger partial charge in [-0.2, -0.15) is 5.10 Å². The van der Waals surface area contributed by atoms with E-state index in [0.29, 0.717) is 17.8 Å². The minimum Gasteiger partial charge on any atom is -0.295 e. The number of nitrogens with zero attached hydrogens (tertiary/aromatic N) is 3. The van der Waals surface area contributed by atoms with E-state index < -0.39 is 10.0 Å². The molecule has 8 heteroatoms. The van der Waals surface area contributed by atoms with Crippen LogP contribution in [-0.4, -0.2) is 29.0 Å². The first-order chi connectivity index (χ1) is 11.9. The van der Waals surface area contributed by atoms with Crippen LogP contribution in [-0.2, 0) is 16.6 Å². The second-order valence-corrected chi connectivity index (χ2v) is 7.16. The molecular weight excluding hydrogens is 340 g/mol. The molecule has 0 atom stereocenters. The molecule has 1 aromatic heterocycles. The van der Waals surface area contributed by atoms with E-state index in [0.717, 1.165) is 5.56 Å². The quantitative estimate of drug-likeness (QED) is 0.684. The fourth-order valence-electron chi connectivity index (χ4n) is 2.26. The van der Waals surface area contributed by atoms with Gasteiger partial charge in [-0.15, -0.1) is 0 Å². The van der Waals surface area contributed by atoms with Crippen molar-refractivity contribution in [3.05, 3.63) is 72.3 Å². The van der Waals surface area contributed by atoms with Gasteiger partial charge >= 0.3 is 0 Å². The topological polar surface area (TPSA) is 94.0 Å². The molecule has 0 unspecified atom stereocenters. The third-order valence-corrected chi connectivity index (χ3v) is 4.99. The Morgan fingerprint density at radius 3 is 2.32 bits per heavy atom. The fraction of sp³-hybridized carbons (Fsp3) is 0.118. The Kier molecular flexibility index (Phi) is 4.62. The van der Waals surface area contributed by atoms with Gasteiger partial charge in [-0.1, -0.05) is 24.3 Å². The summed E-state index contributed by atoms with van der Waals surface area (Å²) in [7, 11) is -3.71. The third-order valence-electron chi connectivity index (χ3n) is 3.59. The second-order valence-electron chi connectivity index (χ2n) is 5.48. The molecule has 0 amide bonds. The summed E-state index contributed by atoms with van der Waals surface area (Å²) in [5, 5.41) is 4.02. The number of sulfonamides is 1. The number of rotatable bonds is 6. The van der Waals surface area contributed by atoms with E-state index in [9.17, 15) is 13.2 Å². The molecule has 1 heterocycles. The van der Waals surface area contributed by atoms with Crippen molar-refractivity contribution in [2.45, 2.75) is 18.4 Å². The van der Waals surface area contributed by atoms with E-state index >= 15 is 0 Å². The zero-order chi connectivity index (χ0) is 17.9. The minimum atomic E-state index is -3.71. The number of anilines is 1. The van der Waals surface area contributed by atoms with Crippen molar-refractivity contribution in [3.8, 4) is 0 Å². The first kappa shape index (κ1) is 16.8. The summed E-state index contributed by atoms with van der Waals surface area (Å²) in [5.74, 6) is -0.111. The van der Waals surface area contributed by atoms with Gasteiger partial charge in [0.05, 0.1) is 11.4 Å². The molecular formula is C17H16N4O3S. The van der Waals surface area contributed by atoms with Crippen LogP contribution in [0.2, 0.25) is 0 Å². The molecule has 0 aliphatic rings. The molecule has 2 aromatic carbocycles. The molecule has 7 nitrogen and oxygen atoms in total. The summed E-state index contributed by atoms with van der Waals surface area (Å²) in [6, 6.07) is 12.8. The Balaban J connectivity index is 1.73. The minimum absolute atomic E-state index is 0.101. The Morgan fingerprint density at radius 2 is 1.76 bits per heavy atom. The van der Waals surface area contributed by atoms with Crippen LogP contribution in [0.1, 0.15) is 22.8 Å². The number of Topliss-reactive ketones (excluding diaryl/α,β-unsaturated/α-hetero) is 1. The largest absolute Gasteiger partial charge is 0.295 e. The summed E-state index contributed by atoms with van der Waals surface area (Å²) < 4.78 is 29.0. The standard InChI is InChI=1S/C17H16N4O3S/c1-13(22)15-4-8-17(9-5-15)25(23,24)20-16-6-2-14(3-7-16)10-21-12-18-11-19-21/h2-9,11-12,20H,10H2,1H3. The Hall–Kier alpha value is -3.00. The van der Waals surface area contributed by atoms with Gasteiger partial charge in [0.25, 0.3) is 10.0 Å². The maximum atomic E-state index is 12.4. The molecule has 3 rings (SSSR count). The Bertz CT molecular complexity index is 964. The van der Waals surface area contributed by atoms with Crippen LogP contribution in [0.4, 0.5) is 5.69 Å². The molecule has 0 fully saturated rings. The summed E-state index contributed by atoms with van der Waals surface area (Å²) >= 11 is 0. The maximum Gasteiger partial charge on any atom is 0.261 e. The average Bonchev–Trinajstić information content (AvgIpc) is 3.09. The molecule has 128 valence electrons. The number of carbonyl (C=O) groups is 1. The number of hydrogen-bond donors (Lipinski definition) is 1. The SMILES string of the molecule is CC(=O)c1ccc(S(=O)(=O)Nc2ccc(Cn3cncn3)cc2)cc1. The van der Waals surface area contributed by atoms with Gasteiger partial charge in [0.15, 0.2) is 5.78 Å². The van der Waals surface area contributed by atoms with Crippen LogP contribution < -0.4 is 4.72 Å². The highest BCUT2D eigenvalue weighted by Gasteiger charge is 2.14. The molecule has 0 radical (unpaired) electrons. The van der Waals surface area contributed by atoms with Crippen molar-refractivity contribution in [1.29, 1.82) is 0 Å².